The summed E-state index contributed by atoms with van der Waals surface area (Å²) in [6.45, 7) is -0.492. The van der Waals surface area contributed by atoms with Gasteiger partial charge in [0.1, 0.15) is 11.4 Å². The van der Waals surface area contributed by atoms with Crippen LogP contribution < -0.4 is 4.74 Å². The van der Waals surface area contributed by atoms with E-state index in [9.17, 15) is 23.1 Å². The third-order valence-corrected chi connectivity index (χ3v) is 5.42. The summed E-state index contributed by atoms with van der Waals surface area (Å²) in [6, 6.07) is 5.15. The van der Waals surface area contributed by atoms with Gasteiger partial charge in [-0.25, -0.2) is 0 Å². The maximum absolute atomic E-state index is 12.9. The van der Waals surface area contributed by atoms with Gasteiger partial charge in [-0.3, -0.25) is 4.79 Å². The highest BCUT2D eigenvalue weighted by molar-refractivity contribution is 5.93. The Morgan fingerprint density at radius 3 is 2.55 bits per heavy atom. The number of ether oxygens (including phenoxy) is 1. The number of oxazole rings is 1. The number of carbonyl (C=O) groups is 1. The second-order valence-electron chi connectivity index (χ2n) is 7.45. The molecule has 2 heterocycles. The average Bonchev–Trinajstić information content (AvgIpc) is 3.30. The predicted octanol–water partition coefficient (Wildman–Crippen LogP) is 3.78. The molecule has 8 nitrogen and oxygen atoms in total. The molecule has 1 fully saturated rings. The summed E-state index contributed by atoms with van der Waals surface area (Å²) in [6.07, 6.45) is 0.349. The highest BCUT2D eigenvalue weighted by Crippen LogP contribution is 2.28. The van der Waals surface area contributed by atoms with Crippen LogP contribution in [-0.4, -0.2) is 50.0 Å². The molecule has 166 valence electrons. The minimum atomic E-state index is -4.78. The number of aliphatic hydroxyl groups is 1. The molecule has 1 aliphatic carbocycles. The van der Waals surface area contributed by atoms with Gasteiger partial charge in [-0.1, -0.05) is 19.3 Å². The fourth-order valence-corrected chi connectivity index (χ4v) is 3.81. The number of carbonyl (C=O) groups excluding carboxylic acids is 1. The molecule has 0 unspecified atom stereocenters. The van der Waals surface area contributed by atoms with Gasteiger partial charge in [-0.05, 0) is 37.1 Å². The molecule has 0 bridgehead atoms. The Balaban J connectivity index is 1.59. The van der Waals surface area contributed by atoms with Crippen molar-refractivity contribution in [2.24, 2.45) is 0 Å². The average molecular weight is 438 g/mol. The SMILES string of the molecule is CN(C(=O)c1oc2nc(-c3ccc(OC(F)(F)F)cc3)nn2c1CO)C1CCCCC1. The number of hydrogen-bond acceptors (Lipinski definition) is 6. The Labute approximate surface area is 175 Å². The van der Waals surface area contributed by atoms with E-state index < -0.39 is 13.0 Å². The van der Waals surface area contributed by atoms with Crippen molar-refractivity contribution < 1.29 is 32.2 Å². The lowest BCUT2D eigenvalue weighted by Crippen LogP contribution is -2.38. The second-order valence-corrected chi connectivity index (χ2v) is 7.45. The number of alkyl halides is 3. The number of benzene rings is 1. The lowest BCUT2D eigenvalue weighted by atomic mass is 9.94. The first kappa shape index (κ1) is 21.2. The van der Waals surface area contributed by atoms with Crippen LogP contribution in [-0.2, 0) is 6.61 Å². The molecule has 2 aromatic heterocycles. The molecule has 0 aliphatic heterocycles. The first-order valence-corrected chi connectivity index (χ1v) is 9.89. The van der Waals surface area contributed by atoms with Gasteiger partial charge < -0.3 is 19.2 Å². The summed E-state index contributed by atoms with van der Waals surface area (Å²) in [4.78, 5) is 18.8. The van der Waals surface area contributed by atoms with Gasteiger partial charge in [-0.2, -0.15) is 9.50 Å². The van der Waals surface area contributed by atoms with E-state index in [2.05, 4.69) is 14.8 Å². The molecule has 1 aliphatic rings. The standard InChI is InChI=1S/C20H21F3N4O4/c1-26(13-5-3-2-4-6-13)18(29)16-15(11-28)27-19(30-16)24-17(25-27)12-7-9-14(10-8-12)31-20(21,22)23/h7-10,13,28H,2-6,11H2,1H3. The maximum Gasteiger partial charge on any atom is 0.573 e. The van der Waals surface area contributed by atoms with E-state index in [1.807, 2.05) is 0 Å². The smallest absolute Gasteiger partial charge is 0.416 e. The maximum atomic E-state index is 12.9. The van der Waals surface area contributed by atoms with Crippen molar-refractivity contribution in [3.63, 3.8) is 0 Å². The van der Waals surface area contributed by atoms with Crippen LogP contribution in [0.2, 0.25) is 0 Å². The molecular weight excluding hydrogens is 417 g/mol. The first-order chi connectivity index (χ1) is 14.8. The predicted molar refractivity (Wildman–Crippen MR) is 102 cm³/mol. The van der Waals surface area contributed by atoms with Crippen molar-refractivity contribution >= 4 is 11.8 Å². The number of rotatable bonds is 5. The van der Waals surface area contributed by atoms with Crippen molar-refractivity contribution in [1.29, 1.82) is 0 Å². The Hall–Kier alpha value is -3.08. The number of amides is 1. The van der Waals surface area contributed by atoms with Crippen LogP contribution in [0.15, 0.2) is 28.7 Å². The van der Waals surface area contributed by atoms with Crippen LogP contribution in [0.5, 0.6) is 5.75 Å². The molecular formula is C20H21F3N4O4. The van der Waals surface area contributed by atoms with Crippen molar-refractivity contribution in [3.8, 4) is 17.1 Å². The summed E-state index contributed by atoms with van der Waals surface area (Å²) in [5.74, 6) is -0.556. The van der Waals surface area contributed by atoms with E-state index in [4.69, 9.17) is 4.42 Å². The Kier molecular flexibility index (Phi) is 5.61. The highest BCUT2D eigenvalue weighted by atomic mass is 19.4. The number of nitrogens with zero attached hydrogens (tertiary/aromatic N) is 4. The van der Waals surface area contributed by atoms with Gasteiger partial charge in [0.15, 0.2) is 5.82 Å². The molecule has 1 N–H and O–H groups in total. The largest absolute Gasteiger partial charge is 0.573 e. The fourth-order valence-electron chi connectivity index (χ4n) is 3.81. The zero-order valence-corrected chi connectivity index (χ0v) is 16.7. The molecule has 1 aromatic carbocycles. The third kappa shape index (κ3) is 4.36. The minimum Gasteiger partial charge on any atom is -0.416 e. The second kappa shape index (κ2) is 8.22. The van der Waals surface area contributed by atoms with Gasteiger partial charge in [-0.15, -0.1) is 18.3 Å². The molecule has 3 aromatic rings. The molecule has 1 saturated carbocycles. The quantitative estimate of drug-likeness (QED) is 0.652. The summed E-state index contributed by atoms with van der Waals surface area (Å²) in [7, 11) is 1.72. The molecule has 31 heavy (non-hydrogen) atoms. The lowest BCUT2D eigenvalue weighted by molar-refractivity contribution is -0.274. The molecule has 0 radical (unpaired) electrons. The number of aliphatic hydroxyl groups excluding tert-OH is 1. The summed E-state index contributed by atoms with van der Waals surface area (Å²) < 4.78 is 47.6. The zero-order chi connectivity index (χ0) is 22.2. The fraction of sp³-hybridized carbons (Fsp3) is 0.450. The van der Waals surface area contributed by atoms with Crippen molar-refractivity contribution in [2.45, 2.75) is 51.1 Å². The summed E-state index contributed by atoms with van der Waals surface area (Å²) >= 11 is 0. The van der Waals surface area contributed by atoms with Crippen molar-refractivity contribution in [3.05, 3.63) is 35.7 Å². The first-order valence-electron chi connectivity index (χ1n) is 9.89. The van der Waals surface area contributed by atoms with E-state index >= 15 is 0 Å². The lowest BCUT2D eigenvalue weighted by Gasteiger charge is -2.30. The number of fused-ring (bicyclic) bond motifs is 1. The molecule has 0 atom stereocenters. The molecule has 4 rings (SSSR count). The summed E-state index contributed by atoms with van der Waals surface area (Å²) in [5.41, 5.74) is 0.586. The monoisotopic (exact) mass is 438 g/mol. The van der Waals surface area contributed by atoms with E-state index in [0.29, 0.717) is 5.56 Å². The highest BCUT2D eigenvalue weighted by Gasteiger charge is 2.31. The van der Waals surface area contributed by atoms with E-state index in [1.54, 1.807) is 11.9 Å². The normalized spacial score (nSPS) is 15.4. The van der Waals surface area contributed by atoms with E-state index in [0.717, 1.165) is 44.2 Å². The zero-order valence-electron chi connectivity index (χ0n) is 16.7. The number of hydrogen-bond donors (Lipinski definition) is 1. The van der Waals surface area contributed by atoms with Crippen LogP contribution in [0.25, 0.3) is 17.2 Å². The van der Waals surface area contributed by atoms with Crippen LogP contribution in [0.1, 0.15) is 48.4 Å². The topological polar surface area (TPSA) is 93.1 Å². The minimum absolute atomic E-state index is 0.00932. The Bertz CT molecular complexity index is 1070. The van der Waals surface area contributed by atoms with Crippen LogP contribution in [0.3, 0.4) is 0 Å². The Morgan fingerprint density at radius 2 is 1.94 bits per heavy atom. The molecule has 1 amide bonds. The van der Waals surface area contributed by atoms with Crippen LogP contribution >= 0.6 is 0 Å². The van der Waals surface area contributed by atoms with E-state index in [-0.39, 0.29) is 40.8 Å². The van der Waals surface area contributed by atoms with Crippen LogP contribution in [0, 0.1) is 0 Å². The Morgan fingerprint density at radius 1 is 1.26 bits per heavy atom. The molecule has 11 heteroatoms. The summed E-state index contributed by atoms with van der Waals surface area (Å²) in [5, 5.41) is 14.1. The van der Waals surface area contributed by atoms with E-state index in [1.165, 1.54) is 16.6 Å². The number of halogens is 3. The number of aromatic nitrogens is 3. The van der Waals surface area contributed by atoms with Gasteiger partial charge in [0.05, 0.1) is 6.61 Å². The van der Waals surface area contributed by atoms with Gasteiger partial charge in [0, 0.05) is 18.7 Å². The molecule has 0 saturated heterocycles. The van der Waals surface area contributed by atoms with Gasteiger partial charge in [0.2, 0.25) is 5.76 Å². The van der Waals surface area contributed by atoms with Crippen LogP contribution in [0.4, 0.5) is 13.2 Å². The molecule has 0 spiro atoms. The van der Waals surface area contributed by atoms with Crippen molar-refractivity contribution in [1.82, 2.24) is 19.5 Å². The van der Waals surface area contributed by atoms with Gasteiger partial charge in [0.25, 0.3) is 5.91 Å². The third-order valence-electron chi connectivity index (χ3n) is 5.42. The van der Waals surface area contributed by atoms with Gasteiger partial charge >= 0.3 is 12.2 Å². The van der Waals surface area contributed by atoms with Crippen molar-refractivity contribution in [2.75, 3.05) is 7.05 Å².